The summed E-state index contributed by atoms with van der Waals surface area (Å²) in [7, 11) is 0. The third-order valence-corrected chi connectivity index (χ3v) is 1.98. The van der Waals surface area contributed by atoms with Crippen LogP contribution in [-0.2, 0) is 5.88 Å². The second-order valence-corrected chi connectivity index (χ2v) is 2.83. The second kappa shape index (κ2) is 3.54. The molecule has 0 aromatic carbocycles. The lowest BCUT2D eigenvalue weighted by molar-refractivity contribution is 0.209. The van der Waals surface area contributed by atoms with E-state index in [9.17, 15) is 4.79 Å². The minimum absolute atomic E-state index is 0.303. The van der Waals surface area contributed by atoms with Crippen molar-refractivity contribution in [2.24, 2.45) is 0 Å². The Kier molecular flexibility index (Phi) is 2.67. The summed E-state index contributed by atoms with van der Waals surface area (Å²) in [6.07, 6.45) is -1.11. The molecule has 0 bridgehead atoms. The smallest absolute Gasteiger partial charge is 0.410 e. The summed E-state index contributed by atoms with van der Waals surface area (Å²) >= 11 is 6.66. The van der Waals surface area contributed by atoms with Crippen LogP contribution in [0.5, 0.6) is 0 Å². The molecule has 0 aliphatic heterocycles. The number of carbonyl (C=O) groups is 1. The number of alkyl halides is 1. The Morgan fingerprint density at radius 3 is 3.09 bits per heavy atom. The quantitative estimate of drug-likeness (QED) is 0.705. The first-order valence-corrected chi connectivity index (χ1v) is 4.14. The number of nitrogens with zero attached hydrogens (tertiary/aromatic N) is 1. The zero-order valence-electron chi connectivity index (χ0n) is 5.37. The van der Waals surface area contributed by atoms with Gasteiger partial charge < -0.3 is 5.11 Å². The highest BCUT2D eigenvalue weighted by Gasteiger charge is 2.02. The number of amides is 1. The van der Waals surface area contributed by atoms with Gasteiger partial charge in [-0.25, -0.2) is 9.78 Å². The SMILES string of the molecule is O=C(O)Nc1nc(CCl)cs1. The third-order valence-electron chi connectivity index (χ3n) is 0.903. The number of aromatic nitrogens is 1. The fraction of sp³-hybridized carbons (Fsp3) is 0.200. The van der Waals surface area contributed by atoms with Crippen LogP contribution in [0, 0.1) is 0 Å². The molecule has 0 spiro atoms. The number of halogens is 1. The van der Waals surface area contributed by atoms with Gasteiger partial charge in [-0.15, -0.1) is 22.9 Å². The zero-order chi connectivity index (χ0) is 8.27. The minimum atomic E-state index is -1.11. The van der Waals surface area contributed by atoms with Crippen molar-refractivity contribution in [1.29, 1.82) is 0 Å². The Morgan fingerprint density at radius 1 is 1.91 bits per heavy atom. The van der Waals surface area contributed by atoms with Gasteiger partial charge in [0, 0.05) is 5.38 Å². The van der Waals surface area contributed by atoms with E-state index in [-0.39, 0.29) is 0 Å². The normalized spacial score (nSPS) is 9.55. The van der Waals surface area contributed by atoms with E-state index >= 15 is 0 Å². The van der Waals surface area contributed by atoms with Crippen molar-refractivity contribution in [1.82, 2.24) is 4.98 Å². The molecule has 0 atom stereocenters. The molecule has 11 heavy (non-hydrogen) atoms. The molecular weight excluding hydrogens is 188 g/mol. The van der Waals surface area contributed by atoms with Gasteiger partial charge in [-0.2, -0.15) is 0 Å². The van der Waals surface area contributed by atoms with Crippen molar-refractivity contribution >= 4 is 34.2 Å². The van der Waals surface area contributed by atoms with E-state index in [1.165, 1.54) is 11.3 Å². The van der Waals surface area contributed by atoms with Crippen molar-refractivity contribution in [3.8, 4) is 0 Å². The van der Waals surface area contributed by atoms with E-state index < -0.39 is 6.09 Å². The maximum absolute atomic E-state index is 10.1. The molecule has 0 unspecified atom stereocenters. The topological polar surface area (TPSA) is 62.2 Å². The molecule has 0 saturated heterocycles. The lowest BCUT2D eigenvalue weighted by Gasteiger charge is -1.90. The lowest BCUT2D eigenvalue weighted by atomic mass is 10.6. The first-order valence-electron chi connectivity index (χ1n) is 2.72. The van der Waals surface area contributed by atoms with Crippen molar-refractivity contribution in [3.63, 3.8) is 0 Å². The lowest BCUT2D eigenvalue weighted by Crippen LogP contribution is -2.06. The third kappa shape index (κ3) is 2.36. The zero-order valence-corrected chi connectivity index (χ0v) is 6.95. The van der Waals surface area contributed by atoms with Crippen LogP contribution in [0.3, 0.4) is 0 Å². The molecule has 0 saturated carbocycles. The first kappa shape index (κ1) is 8.29. The number of anilines is 1. The van der Waals surface area contributed by atoms with Gasteiger partial charge >= 0.3 is 6.09 Å². The standard InChI is InChI=1S/C5H5ClN2O2S/c6-1-3-2-11-4(7-3)8-5(9)10/h2H,1H2,(H,7,8)(H,9,10). The van der Waals surface area contributed by atoms with Crippen LogP contribution in [0.25, 0.3) is 0 Å². The predicted octanol–water partition coefficient (Wildman–Crippen LogP) is 1.97. The van der Waals surface area contributed by atoms with Crippen molar-refractivity contribution in [3.05, 3.63) is 11.1 Å². The van der Waals surface area contributed by atoms with Crippen molar-refractivity contribution < 1.29 is 9.90 Å². The highest BCUT2D eigenvalue weighted by molar-refractivity contribution is 7.13. The molecule has 0 radical (unpaired) electrons. The fourth-order valence-corrected chi connectivity index (χ4v) is 1.45. The van der Waals surface area contributed by atoms with E-state index in [4.69, 9.17) is 16.7 Å². The van der Waals surface area contributed by atoms with Gasteiger partial charge in [0.1, 0.15) is 0 Å². The van der Waals surface area contributed by atoms with Crippen LogP contribution in [-0.4, -0.2) is 16.2 Å². The second-order valence-electron chi connectivity index (χ2n) is 1.71. The van der Waals surface area contributed by atoms with Gasteiger partial charge in [0.25, 0.3) is 0 Å². The molecule has 1 heterocycles. The summed E-state index contributed by atoms with van der Waals surface area (Å²) in [5, 5.41) is 12.5. The summed E-state index contributed by atoms with van der Waals surface area (Å²) in [4.78, 5) is 14.0. The molecule has 6 heteroatoms. The molecule has 60 valence electrons. The first-order chi connectivity index (χ1) is 5.22. The molecule has 0 aliphatic rings. The molecule has 1 amide bonds. The van der Waals surface area contributed by atoms with Crippen LogP contribution in [0.4, 0.5) is 9.93 Å². The number of nitrogens with one attached hydrogen (secondary N) is 1. The summed E-state index contributed by atoms with van der Waals surface area (Å²) < 4.78 is 0. The maximum atomic E-state index is 10.1. The van der Waals surface area contributed by atoms with E-state index in [0.29, 0.717) is 16.7 Å². The van der Waals surface area contributed by atoms with Crippen LogP contribution >= 0.6 is 22.9 Å². The summed E-state index contributed by atoms with van der Waals surface area (Å²) in [5.41, 5.74) is 0.681. The molecule has 1 aromatic rings. The summed E-state index contributed by atoms with van der Waals surface area (Å²) in [6, 6.07) is 0. The number of carboxylic acid groups (broad SMARTS) is 1. The van der Waals surface area contributed by atoms with Gasteiger partial charge in [-0.1, -0.05) is 0 Å². The Bertz CT molecular complexity index is 263. The summed E-state index contributed by atoms with van der Waals surface area (Å²) in [5.74, 6) is 0.303. The Balaban J connectivity index is 2.65. The molecule has 0 fully saturated rings. The Hall–Kier alpha value is -0.810. The average molecular weight is 193 g/mol. The van der Waals surface area contributed by atoms with Crippen molar-refractivity contribution in [2.45, 2.75) is 5.88 Å². The number of rotatable bonds is 2. The van der Waals surface area contributed by atoms with E-state index in [1.54, 1.807) is 5.38 Å². The van der Waals surface area contributed by atoms with Crippen molar-refractivity contribution in [2.75, 3.05) is 5.32 Å². The molecule has 0 aliphatic carbocycles. The van der Waals surface area contributed by atoms with Crippen LogP contribution in [0.1, 0.15) is 5.69 Å². The van der Waals surface area contributed by atoms with E-state index in [1.807, 2.05) is 0 Å². The fourth-order valence-electron chi connectivity index (χ4n) is 0.517. The van der Waals surface area contributed by atoms with Gasteiger partial charge in [-0.3, -0.25) is 5.32 Å². The molecule has 1 rings (SSSR count). The minimum Gasteiger partial charge on any atom is -0.465 e. The molecule has 4 nitrogen and oxygen atoms in total. The highest BCUT2D eigenvalue weighted by atomic mass is 35.5. The Morgan fingerprint density at radius 2 is 2.64 bits per heavy atom. The highest BCUT2D eigenvalue weighted by Crippen LogP contribution is 2.16. The largest absolute Gasteiger partial charge is 0.465 e. The van der Waals surface area contributed by atoms with Crippen LogP contribution in [0.15, 0.2) is 5.38 Å². The average Bonchev–Trinajstić information content (AvgIpc) is 2.34. The van der Waals surface area contributed by atoms with Crippen LogP contribution in [0.2, 0.25) is 0 Å². The number of hydrogen-bond acceptors (Lipinski definition) is 3. The maximum Gasteiger partial charge on any atom is 0.410 e. The van der Waals surface area contributed by atoms with Gasteiger partial charge in [0.2, 0.25) is 0 Å². The van der Waals surface area contributed by atoms with Gasteiger partial charge in [-0.05, 0) is 0 Å². The number of hydrogen-bond donors (Lipinski definition) is 2. The van der Waals surface area contributed by atoms with Gasteiger partial charge in [0.15, 0.2) is 5.13 Å². The molecule has 1 aromatic heterocycles. The number of thiazole rings is 1. The van der Waals surface area contributed by atoms with Gasteiger partial charge in [0.05, 0.1) is 11.6 Å². The van der Waals surface area contributed by atoms with Crippen LogP contribution < -0.4 is 5.32 Å². The van der Waals surface area contributed by atoms with E-state index in [0.717, 1.165) is 0 Å². The molecule has 2 N–H and O–H groups in total. The monoisotopic (exact) mass is 192 g/mol. The molecular formula is C5H5ClN2O2S. The predicted molar refractivity (Wildman–Crippen MR) is 43.3 cm³/mol. The van der Waals surface area contributed by atoms with E-state index in [2.05, 4.69) is 10.3 Å². The summed E-state index contributed by atoms with van der Waals surface area (Å²) in [6.45, 7) is 0. The Labute approximate surface area is 71.8 Å².